The molecule has 0 aromatic carbocycles. The zero-order valence-corrected chi connectivity index (χ0v) is 5.07. The minimum atomic E-state index is 0.433. The van der Waals surface area contributed by atoms with E-state index < -0.39 is 0 Å². The van der Waals surface area contributed by atoms with Crippen molar-refractivity contribution in [3.8, 4) is 0 Å². The average Bonchev–Trinajstić information content (AvgIpc) is 2.36. The normalized spacial score (nSPS) is 14.6. The van der Waals surface area contributed by atoms with E-state index >= 15 is 0 Å². The quantitative estimate of drug-likeness (QED) is 0.484. The van der Waals surface area contributed by atoms with Gasteiger partial charge in [-0.3, -0.25) is 0 Å². The van der Waals surface area contributed by atoms with Gasteiger partial charge in [0.2, 0.25) is 0 Å². The summed E-state index contributed by atoms with van der Waals surface area (Å²) in [6.45, 7) is 0. The predicted octanol–water partition coefficient (Wildman–Crippen LogP) is -0.876. The van der Waals surface area contributed by atoms with E-state index in [9.17, 15) is 0 Å². The SMILES string of the molecule is NC1=[N+]C=Nc2nc[nH]c21. The van der Waals surface area contributed by atoms with Crippen LogP contribution in [0.2, 0.25) is 0 Å². The summed E-state index contributed by atoms with van der Waals surface area (Å²) in [5.41, 5.74) is 6.18. The van der Waals surface area contributed by atoms with Crippen LogP contribution in [0.4, 0.5) is 5.82 Å². The van der Waals surface area contributed by atoms with Crippen molar-refractivity contribution < 1.29 is 0 Å². The molecule has 0 atom stereocenters. The number of imidazole rings is 1. The van der Waals surface area contributed by atoms with Gasteiger partial charge in [0, 0.05) is 0 Å². The molecule has 2 rings (SSSR count). The van der Waals surface area contributed by atoms with Crippen LogP contribution < -0.4 is 10.7 Å². The van der Waals surface area contributed by atoms with Crippen molar-refractivity contribution in [2.75, 3.05) is 0 Å². The van der Waals surface area contributed by atoms with Crippen LogP contribution in [0.15, 0.2) is 11.3 Å². The minimum absolute atomic E-state index is 0.433. The number of fused-ring (bicyclic) bond motifs is 1. The van der Waals surface area contributed by atoms with Crippen molar-refractivity contribution in [3.63, 3.8) is 0 Å². The van der Waals surface area contributed by atoms with Gasteiger partial charge in [-0.15, -0.1) is 0 Å². The molecule has 0 saturated heterocycles. The molecule has 5 heteroatoms. The van der Waals surface area contributed by atoms with Crippen molar-refractivity contribution in [3.05, 3.63) is 12.0 Å². The molecule has 0 fully saturated rings. The van der Waals surface area contributed by atoms with Crippen molar-refractivity contribution >= 4 is 18.0 Å². The largest absolute Gasteiger partial charge is 0.336 e. The van der Waals surface area contributed by atoms with E-state index in [0.717, 1.165) is 0 Å². The van der Waals surface area contributed by atoms with Gasteiger partial charge < -0.3 is 10.7 Å². The van der Waals surface area contributed by atoms with Crippen LogP contribution in [0.25, 0.3) is 0 Å². The van der Waals surface area contributed by atoms with E-state index in [1.807, 2.05) is 0 Å². The summed E-state index contributed by atoms with van der Waals surface area (Å²) in [6, 6.07) is 0. The summed E-state index contributed by atoms with van der Waals surface area (Å²) in [5, 5.41) is 0. The highest BCUT2D eigenvalue weighted by atomic mass is 15.1. The van der Waals surface area contributed by atoms with Gasteiger partial charge >= 0.3 is 0 Å². The van der Waals surface area contributed by atoms with E-state index in [1.165, 1.54) is 12.7 Å². The molecule has 2 heterocycles. The van der Waals surface area contributed by atoms with Crippen molar-refractivity contribution in [1.29, 1.82) is 0 Å². The Morgan fingerprint density at radius 2 is 2.50 bits per heavy atom. The monoisotopic (exact) mass is 135 g/mol. The molecule has 1 aromatic rings. The lowest BCUT2D eigenvalue weighted by atomic mass is 10.4. The Labute approximate surface area is 56.7 Å². The van der Waals surface area contributed by atoms with E-state index in [1.54, 1.807) is 0 Å². The summed E-state index contributed by atoms with van der Waals surface area (Å²) in [6.07, 6.45) is 2.92. The number of aromatic nitrogens is 2. The van der Waals surface area contributed by atoms with E-state index in [0.29, 0.717) is 17.3 Å². The lowest BCUT2D eigenvalue weighted by Crippen LogP contribution is -2.22. The number of hydrogen-bond donors (Lipinski definition) is 2. The Morgan fingerprint density at radius 1 is 1.60 bits per heavy atom. The molecule has 1 aliphatic rings. The van der Waals surface area contributed by atoms with Crippen molar-refractivity contribution in [2.45, 2.75) is 0 Å². The summed E-state index contributed by atoms with van der Waals surface area (Å²) < 4.78 is 0. The first-order valence-electron chi connectivity index (χ1n) is 2.77. The number of aromatic amines is 1. The van der Waals surface area contributed by atoms with Gasteiger partial charge in [-0.2, -0.15) is 0 Å². The standard InChI is InChI=1S/C5H5N5/c6-4-3-5(9-1-7-3)10-2-8-4/h1-2H,(H3,6,7,9,10)/q+1. The van der Waals surface area contributed by atoms with Crippen LogP contribution >= 0.6 is 0 Å². The molecular weight excluding hydrogens is 130 g/mol. The smallest absolute Gasteiger partial charge is 0.284 e. The zero-order chi connectivity index (χ0) is 6.97. The van der Waals surface area contributed by atoms with Gasteiger partial charge in [0.25, 0.3) is 18.0 Å². The zero-order valence-electron chi connectivity index (χ0n) is 5.07. The predicted molar refractivity (Wildman–Crippen MR) is 37.2 cm³/mol. The third-order valence-electron chi connectivity index (χ3n) is 1.25. The molecular formula is C5H5N5+. The summed E-state index contributed by atoms with van der Waals surface area (Å²) in [7, 11) is 0. The van der Waals surface area contributed by atoms with Crippen LogP contribution in [0, 0.1) is 0 Å². The second-order valence-corrected chi connectivity index (χ2v) is 1.86. The van der Waals surface area contributed by atoms with Gasteiger partial charge in [-0.1, -0.05) is 9.98 Å². The lowest BCUT2D eigenvalue weighted by Gasteiger charge is -1.89. The molecule has 49 valence electrons. The molecule has 0 unspecified atom stereocenters. The van der Waals surface area contributed by atoms with Crippen LogP contribution in [0.3, 0.4) is 0 Å². The third-order valence-corrected chi connectivity index (χ3v) is 1.25. The van der Waals surface area contributed by atoms with Crippen molar-refractivity contribution in [2.24, 2.45) is 10.7 Å². The van der Waals surface area contributed by atoms with Gasteiger partial charge in [0.1, 0.15) is 0 Å². The molecule has 1 radical (unpaired) electrons. The number of amidine groups is 1. The number of nitrogens with one attached hydrogen (secondary N) is 1. The summed E-state index contributed by atoms with van der Waals surface area (Å²) >= 11 is 0. The highest BCUT2D eigenvalue weighted by Gasteiger charge is 2.17. The van der Waals surface area contributed by atoms with Crippen molar-refractivity contribution in [1.82, 2.24) is 15.0 Å². The molecule has 1 aromatic heterocycles. The van der Waals surface area contributed by atoms with Gasteiger partial charge in [0.05, 0.1) is 6.33 Å². The maximum atomic E-state index is 5.48. The fourth-order valence-electron chi connectivity index (χ4n) is 0.784. The Hall–Kier alpha value is -1.65. The molecule has 0 bridgehead atoms. The first-order chi connectivity index (χ1) is 4.88. The summed E-state index contributed by atoms with van der Waals surface area (Å²) in [4.78, 5) is 14.4. The Morgan fingerprint density at radius 3 is 3.30 bits per heavy atom. The number of aliphatic imine (C=N–C) groups is 2. The molecule has 0 aliphatic carbocycles. The maximum absolute atomic E-state index is 5.48. The van der Waals surface area contributed by atoms with Gasteiger partial charge in [-0.05, 0) is 0 Å². The van der Waals surface area contributed by atoms with Crippen LogP contribution in [0.1, 0.15) is 5.69 Å². The second-order valence-electron chi connectivity index (χ2n) is 1.86. The molecule has 1 aliphatic heterocycles. The minimum Gasteiger partial charge on any atom is -0.336 e. The van der Waals surface area contributed by atoms with Gasteiger partial charge in [0.15, 0.2) is 5.69 Å². The third kappa shape index (κ3) is 0.540. The Kier molecular flexibility index (Phi) is 0.858. The fraction of sp³-hybridized carbons (Fsp3) is 0. The number of hydrogen-bond acceptors (Lipinski definition) is 4. The first-order valence-corrected chi connectivity index (χ1v) is 2.77. The molecule has 0 amide bonds. The second kappa shape index (κ2) is 1.66. The van der Waals surface area contributed by atoms with E-state index in [2.05, 4.69) is 20.0 Å². The van der Waals surface area contributed by atoms with Crippen LogP contribution in [-0.4, -0.2) is 22.1 Å². The van der Waals surface area contributed by atoms with E-state index in [4.69, 9.17) is 5.73 Å². The molecule has 5 nitrogen and oxygen atoms in total. The summed E-state index contributed by atoms with van der Waals surface area (Å²) in [5.74, 6) is 1.04. The highest BCUT2D eigenvalue weighted by Crippen LogP contribution is 2.12. The Balaban J connectivity index is 2.67. The van der Waals surface area contributed by atoms with Crippen LogP contribution in [-0.2, 0) is 0 Å². The molecule has 0 saturated carbocycles. The maximum Gasteiger partial charge on any atom is 0.284 e. The Bertz CT molecular complexity index is 308. The van der Waals surface area contributed by atoms with Crippen LogP contribution in [0.5, 0.6) is 0 Å². The molecule has 10 heavy (non-hydrogen) atoms. The first kappa shape index (κ1) is 5.16. The number of nitrogens with zero attached hydrogens (tertiary/aromatic N) is 3. The van der Waals surface area contributed by atoms with Gasteiger partial charge in [-0.25, -0.2) is 4.98 Å². The highest BCUT2D eigenvalue weighted by molar-refractivity contribution is 6.03. The molecule has 0 spiro atoms. The van der Waals surface area contributed by atoms with E-state index in [-0.39, 0.29) is 0 Å². The fourth-order valence-corrected chi connectivity index (χ4v) is 0.784. The molecule has 3 N–H and O–H groups in total. The topological polar surface area (TPSA) is 81.2 Å². The average molecular weight is 135 g/mol. The number of nitrogens with two attached hydrogens (primary N) is 1. The number of H-pyrrole nitrogens is 1. The lowest BCUT2D eigenvalue weighted by molar-refractivity contribution is 1.28. The number of rotatable bonds is 0.